The number of nitrogens with one attached hydrogen (secondary N) is 2. The zero-order valence-electron chi connectivity index (χ0n) is 20.7. The fraction of sp³-hybridized carbons (Fsp3) is 0.310. The summed E-state index contributed by atoms with van der Waals surface area (Å²) in [4.78, 5) is 8.98. The number of nitrogens with zero attached hydrogens (tertiary/aromatic N) is 4. The average molecular weight is 501 g/mol. The van der Waals surface area contributed by atoms with Crippen LogP contribution in [0.4, 0.5) is 20.3 Å². The van der Waals surface area contributed by atoms with Gasteiger partial charge in [0, 0.05) is 48.5 Å². The second kappa shape index (κ2) is 9.94. The summed E-state index contributed by atoms with van der Waals surface area (Å²) in [5.74, 6) is -0.724. The number of hydrogen-bond donors (Lipinski definition) is 2. The number of anilines is 2. The molecule has 37 heavy (non-hydrogen) atoms. The molecule has 6 rings (SSSR count). The lowest BCUT2D eigenvalue weighted by atomic mass is 9.99. The van der Waals surface area contributed by atoms with Crippen LogP contribution >= 0.6 is 0 Å². The van der Waals surface area contributed by atoms with E-state index in [0.717, 1.165) is 67.0 Å². The maximum atomic E-state index is 15.0. The number of hydrogen-bond acceptors (Lipinski definition) is 5. The van der Waals surface area contributed by atoms with Crippen LogP contribution in [0.5, 0.6) is 0 Å². The molecule has 0 saturated carbocycles. The van der Waals surface area contributed by atoms with E-state index >= 15 is 4.39 Å². The van der Waals surface area contributed by atoms with Crippen molar-refractivity contribution in [1.82, 2.24) is 20.1 Å². The Labute approximate surface area is 215 Å². The van der Waals surface area contributed by atoms with E-state index < -0.39 is 11.6 Å². The van der Waals surface area contributed by atoms with Crippen molar-refractivity contribution in [2.75, 3.05) is 36.4 Å². The SMILES string of the molecule is C=C(Nc1ccnc(N2CCC2)c1)c1n[nH]c2ccc(-c3cc(CN4CCCCC4)cc(F)c3F)cc12. The highest BCUT2D eigenvalue weighted by atomic mass is 19.2. The van der Waals surface area contributed by atoms with E-state index in [1.165, 1.54) is 18.9 Å². The van der Waals surface area contributed by atoms with Gasteiger partial charge in [0.2, 0.25) is 0 Å². The van der Waals surface area contributed by atoms with E-state index in [1.54, 1.807) is 18.3 Å². The van der Waals surface area contributed by atoms with Gasteiger partial charge in [-0.15, -0.1) is 0 Å². The standard InChI is InChI=1S/C29H30F2N6/c1-19(33-22-8-9-32-27(17-22)37-12-5-13-37)29-24-16-21(6-7-26(24)34-35-29)23-14-20(15-25(30)28(23)31)18-36-10-3-2-4-11-36/h6-9,14-17H,1-5,10-13,18H2,(H,32,33)(H,34,35). The molecule has 0 atom stereocenters. The highest BCUT2D eigenvalue weighted by Crippen LogP contribution is 2.32. The van der Waals surface area contributed by atoms with E-state index in [4.69, 9.17) is 0 Å². The van der Waals surface area contributed by atoms with Gasteiger partial charge in [-0.2, -0.15) is 5.10 Å². The number of H-pyrrole nitrogens is 1. The summed E-state index contributed by atoms with van der Waals surface area (Å²) in [5.41, 5.74) is 4.54. The van der Waals surface area contributed by atoms with Crippen LogP contribution < -0.4 is 10.2 Å². The van der Waals surface area contributed by atoms with Crippen molar-refractivity contribution in [3.63, 3.8) is 0 Å². The van der Waals surface area contributed by atoms with Crippen LogP contribution in [0.15, 0.2) is 55.2 Å². The quantitative estimate of drug-likeness (QED) is 0.317. The Kier molecular flexibility index (Phi) is 6.34. The normalized spacial score (nSPS) is 16.1. The lowest BCUT2D eigenvalue weighted by Crippen LogP contribution is -2.37. The maximum absolute atomic E-state index is 15.0. The Bertz CT molecular complexity index is 1450. The summed E-state index contributed by atoms with van der Waals surface area (Å²) in [6, 6.07) is 12.5. The van der Waals surface area contributed by atoms with Crippen LogP contribution in [0.2, 0.25) is 0 Å². The lowest BCUT2D eigenvalue weighted by Gasteiger charge is -2.32. The minimum absolute atomic E-state index is 0.257. The first-order chi connectivity index (χ1) is 18.0. The molecule has 4 heterocycles. The van der Waals surface area contributed by atoms with E-state index in [0.29, 0.717) is 23.5 Å². The zero-order chi connectivity index (χ0) is 25.4. The van der Waals surface area contributed by atoms with Crippen molar-refractivity contribution in [3.05, 3.63) is 78.1 Å². The fourth-order valence-corrected chi connectivity index (χ4v) is 5.18. The van der Waals surface area contributed by atoms with Crippen molar-refractivity contribution in [2.45, 2.75) is 32.2 Å². The van der Waals surface area contributed by atoms with Gasteiger partial charge in [0.1, 0.15) is 11.5 Å². The topological polar surface area (TPSA) is 60.1 Å². The predicted octanol–water partition coefficient (Wildman–Crippen LogP) is 6.18. The van der Waals surface area contributed by atoms with Gasteiger partial charge in [-0.25, -0.2) is 13.8 Å². The minimum Gasteiger partial charge on any atom is -0.356 e. The van der Waals surface area contributed by atoms with E-state index in [9.17, 15) is 4.39 Å². The number of halogens is 2. The van der Waals surface area contributed by atoms with E-state index in [2.05, 4.69) is 36.9 Å². The number of fused-ring (bicyclic) bond motifs is 1. The Morgan fingerprint density at radius 3 is 2.59 bits per heavy atom. The highest BCUT2D eigenvalue weighted by molar-refractivity contribution is 5.95. The van der Waals surface area contributed by atoms with Crippen LogP contribution in [-0.2, 0) is 6.54 Å². The number of piperidine rings is 1. The average Bonchev–Trinajstić information content (AvgIpc) is 3.29. The molecule has 6 nitrogen and oxygen atoms in total. The molecule has 0 spiro atoms. The van der Waals surface area contributed by atoms with Gasteiger partial charge in [0.05, 0.1) is 11.2 Å². The molecule has 190 valence electrons. The third kappa shape index (κ3) is 4.81. The molecule has 0 aliphatic carbocycles. The summed E-state index contributed by atoms with van der Waals surface area (Å²) < 4.78 is 29.7. The van der Waals surface area contributed by atoms with E-state index in [-0.39, 0.29) is 5.56 Å². The summed E-state index contributed by atoms with van der Waals surface area (Å²) in [6.07, 6.45) is 6.48. The van der Waals surface area contributed by atoms with Gasteiger partial charge in [-0.1, -0.05) is 19.1 Å². The Hall–Kier alpha value is -3.78. The van der Waals surface area contributed by atoms with Crippen molar-refractivity contribution in [2.24, 2.45) is 0 Å². The highest BCUT2D eigenvalue weighted by Gasteiger charge is 2.19. The van der Waals surface area contributed by atoms with Crippen molar-refractivity contribution in [3.8, 4) is 11.1 Å². The monoisotopic (exact) mass is 500 g/mol. The molecule has 0 radical (unpaired) electrons. The molecule has 2 fully saturated rings. The van der Waals surface area contributed by atoms with Gasteiger partial charge >= 0.3 is 0 Å². The first kappa shape index (κ1) is 23.6. The summed E-state index contributed by atoms with van der Waals surface area (Å²) >= 11 is 0. The van der Waals surface area contributed by atoms with Crippen LogP contribution in [0, 0.1) is 11.6 Å². The Morgan fingerprint density at radius 2 is 1.81 bits per heavy atom. The molecule has 2 aliphatic heterocycles. The zero-order valence-corrected chi connectivity index (χ0v) is 20.7. The minimum atomic E-state index is -0.834. The van der Waals surface area contributed by atoms with E-state index in [1.807, 2.05) is 24.3 Å². The second-order valence-corrected chi connectivity index (χ2v) is 9.96. The molecule has 2 N–H and O–H groups in total. The molecule has 2 aliphatic rings. The number of benzene rings is 2. The molecule has 0 bridgehead atoms. The van der Waals surface area contributed by atoms with Crippen LogP contribution in [-0.4, -0.2) is 46.3 Å². The predicted molar refractivity (Wildman–Crippen MR) is 144 cm³/mol. The van der Waals surface area contributed by atoms with Gasteiger partial charge in [-0.05, 0) is 73.8 Å². The Balaban J connectivity index is 1.29. The molecule has 2 aromatic carbocycles. The lowest BCUT2D eigenvalue weighted by molar-refractivity contribution is 0.220. The molecule has 2 saturated heterocycles. The van der Waals surface area contributed by atoms with Crippen LogP contribution in [0.25, 0.3) is 27.7 Å². The number of aromatic amines is 1. The van der Waals surface area contributed by atoms with Crippen molar-refractivity contribution < 1.29 is 8.78 Å². The Morgan fingerprint density at radius 1 is 0.973 bits per heavy atom. The first-order valence-corrected chi connectivity index (χ1v) is 12.9. The smallest absolute Gasteiger partial charge is 0.166 e. The second-order valence-electron chi connectivity index (χ2n) is 9.96. The largest absolute Gasteiger partial charge is 0.356 e. The molecule has 0 amide bonds. The first-order valence-electron chi connectivity index (χ1n) is 12.9. The summed E-state index contributed by atoms with van der Waals surface area (Å²) in [5, 5.41) is 11.6. The van der Waals surface area contributed by atoms with Gasteiger partial charge in [0.15, 0.2) is 11.6 Å². The van der Waals surface area contributed by atoms with Crippen LogP contribution in [0.1, 0.15) is 36.9 Å². The molecule has 4 aromatic rings. The van der Waals surface area contributed by atoms with Gasteiger partial charge in [0.25, 0.3) is 0 Å². The summed E-state index contributed by atoms with van der Waals surface area (Å²) in [7, 11) is 0. The number of pyridine rings is 1. The van der Waals surface area contributed by atoms with Crippen molar-refractivity contribution in [1.29, 1.82) is 0 Å². The maximum Gasteiger partial charge on any atom is 0.166 e. The molecule has 8 heteroatoms. The van der Waals surface area contributed by atoms with Crippen molar-refractivity contribution >= 4 is 28.1 Å². The fourth-order valence-electron chi connectivity index (χ4n) is 5.18. The molecule has 0 unspecified atom stereocenters. The molecular formula is C29H30F2N6. The molecule has 2 aromatic heterocycles. The third-order valence-corrected chi connectivity index (χ3v) is 7.32. The summed E-state index contributed by atoms with van der Waals surface area (Å²) in [6.45, 7) is 8.83. The number of aromatic nitrogens is 3. The number of likely N-dealkylation sites (tertiary alicyclic amines) is 1. The number of rotatable bonds is 7. The van der Waals surface area contributed by atoms with Gasteiger partial charge in [-0.3, -0.25) is 10.00 Å². The third-order valence-electron chi connectivity index (χ3n) is 7.32. The molecular weight excluding hydrogens is 470 g/mol. The van der Waals surface area contributed by atoms with Gasteiger partial charge < -0.3 is 10.2 Å². The van der Waals surface area contributed by atoms with Crippen LogP contribution in [0.3, 0.4) is 0 Å².